The van der Waals surface area contributed by atoms with Gasteiger partial charge in [-0.2, -0.15) is 0 Å². The summed E-state index contributed by atoms with van der Waals surface area (Å²) < 4.78 is 42.1. The first-order valence-corrected chi connectivity index (χ1v) is 22.0. The fraction of sp³-hybridized carbons (Fsp3) is 0.289. The fourth-order valence-corrected chi connectivity index (χ4v) is 13.3. The van der Waals surface area contributed by atoms with Gasteiger partial charge >= 0.3 is 5.97 Å². The van der Waals surface area contributed by atoms with Gasteiger partial charge < -0.3 is 14.1 Å². The van der Waals surface area contributed by atoms with Gasteiger partial charge in [-0.3, -0.25) is 14.3 Å². The molecule has 0 fully saturated rings. The fourth-order valence-electron chi connectivity index (χ4n) is 7.15. The molecule has 0 saturated heterocycles. The van der Waals surface area contributed by atoms with Gasteiger partial charge in [-0.05, 0) is 56.7 Å². The highest BCUT2D eigenvalue weighted by molar-refractivity contribution is 7.64. The molecule has 280 valence electrons. The van der Waals surface area contributed by atoms with E-state index in [-0.39, 0.29) is 17.9 Å². The number of aliphatic carboxylic acids is 1. The molecule has 0 radical (unpaired) electrons. The van der Waals surface area contributed by atoms with E-state index in [0.717, 1.165) is 38.3 Å². The van der Waals surface area contributed by atoms with Gasteiger partial charge in [0.25, 0.3) is 15.7 Å². The molecule has 0 aliphatic carbocycles. The maximum atomic E-state index is 14.8. The van der Waals surface area contributed by atoms with Gasteiger partial charge in [-0.25, -0.2) is 4.39 Å². The average molecular weight is 762 g/mol. The highest BCUT2D eigenvalue weighted by Gasteiger charge is 2.52. The van der Waals surface area contributed by atoms with Crippen LogP contribution in [0.15, 0.2) is 115 Å². The van der Waals surface area contributed by atoms with Crippen molar-refractivity contribution in [3.63, 3.8) is 0 Å². The molecule has 9 heteroatoms. The molecule has 5 rings (SSSR count). The first-order chi connectivity index (χ1) is 25.7. The summed E-state index contributed by atoms with van der Waals surface area (Å²) in [6.45, 7) is 12.4. The Morgan fingerprint density at radius 2 is 1.41 bits per heavy atom. The van der Waals surface area contributed by atoms with Crippen LogP contribution in [-0.4, -0.2) is 43.8 Å². The van der Waals surface area contributed by atoms with Crippen LogP contribution < -0.4 is 10.4 Å². The molecule has 1 heterocycles. The maximum absolute atomic E-state index is 14.8. The van der Waals surface area contributed by atoms with Crippen LogP contribution in [-0.2, 0) is 24.7 Å². The van der Waals surface area contributed by atoms with Crippen LogP contribution in [0.3, 0.4) is 0 Å². The molecule has 0 bridgehead atoms. The van der Waals surface area contributed by atoms with Crippen LogP contribution in [0.4, 0.5) is 4.39 Å². The molecule has 54 heavy (non-hydrogen) atoms. The van der Waals surface area contributed by atoms with Crippen LogP contribution in [0, 0.1) is 17.4 Å². The van der Waals surface area contributed by atoms with E-state index in [1.165, 1.54) is 19.2 Å². The maximum Gasteiger partial charge on any atom is 0.305 e. The number of nitrogens with zero attached hydrogens (tertiary/aromatic N) is 1. The van der Waals surface area contributed by atoms with Gasteiger partial charge in [0, 0.05) is 18.2 Å². The van der Waals surface area contributed by atoms with Crippen molar-refractivity contribution in [2.75, 3.05) is 13.3 Å². The monoisotopic (exact) mass is 761 g/mol. The number of aromatic nitrogens is 1. The number of carboxylic acids is 1. The normalized spacial score (nSPS) is 13.5. The number of carbonyl (C=O) groups is 1. The Labute approximate surface area is 320 Å². The van der Waals surface area contributed by atoms with Crippen LogP contribution in [0.5, 0.6) is 0 Å². The predicted molar refractivity (Wildman–Crippen MR) is 220 cm³/mol. The summed E-state index contributed by atoms with van der Waals surface area (Å²) in [6, 6.07) is 36.0. The van der Waals surface area contributed by atoms with Crippen molar-refractivity contribution in [2.24, 2.45) is 0 Å². The van der Waals surface area contributed by atoms with Crippen molar-refractivity contribution >= 4 is 32.0 Å². The third-order valence-electron chi connectivity index (χ3n) is 9.66. The van der Waals surface area contributed by atoms with Crippen molar-refractivity contribution in [1.29, 1.82) is 0 Å². The highest BCUT2D eigenvalue weighted by Crippen LogP contribution is 2.48. The average Bonchev–Trinajstić information content (AvgIpc) is 3.16. The number of rotatable bonds is 13. The van der Waals surface area contributed by atoms with Crippen molar-refractivity contribution in [3.8, 4) is 34.0 Å². The Hall–Kier alpha value is -4.64. The summed E-state index contributed by atoms with van der Waals surface area (Å²) in [5.41, 5.74) is 8.50. The third-order valence-corrected chi connectivity index (χ3v) is 16.7. The van der Waals surface area contributed by atoms with Crippen molar-refractivity contribution in [2.45, 2.75) is 71.4 Å². The van der Waals surface area contributed by atoms with E-state index in [1.54, 1.807) is 12.1 Å². The van der Waals surface area contributed by atoms with Crippen LogP contribution in [0.25, 0.3) is 22.4 Å². The van der Waals surface area contributed by atoms with Gasteiger partial charge in [0.2, 0.25) is 0 Å². The lowest BCUT2D eigenvalue weighted by Crippen LogP contribution is -2.68. The molecule has 5 aromatic rings. The second-order valence-electron chi connectivity index (χ2n) is 14.7. The summed E-state index contributed by atoms with van der Waals surface area (Å²) in [6.07, 6.45) is -1.04. The van der Waals surface area contributed by atoms with E-state index in [1.807, 2.05) is 112 Å². The Bertz CT molecular complexity index is 2120. The van der Waals surface area contributed by atoms with E-state index >= 15 is 0 Å². The van der Waals surface area contributed by atoms with E-state index in [2.05, 4.69) is 32.4 Å². The smallest absolute Gasteiger partial charge is 0.305 e. The molecule has 0 spiro atoms. The van der Waals surface area contributed by atoms with E-state index in [4.69, 9.17) is 13.9 Å². The number of pyridine rings is 1. The van der Waals surface area contributed by atoms with Gasteiger partial charge in [-0.15, -0.1) is 0 Å². The standard InChI is InChI=1S/C45H49FNO5PSi/c1-8-39-42(33-24-26-35(46)27-25-33)40(43(32(2)3)47-44(39)34-18-12-9-13-19-34)28-29-53(50,51-7)31-36(30-41(48)49)52-54(45(4,5)6,37-20-14-10-15-21-37)38-22-16-11-17-23-38/h9-27,32,36H,8,30-31H2,1-7H3,(H,48,49)/t36-,53?/m0/s1. The van der Waals surface area contributed by atoms with Crippen molar-refractivity contribution in [1.82, 2.24) is 4.98 Å². The minimum atomic E-state index is -3.88. The molecule has 0 saturated carbocycles. The largest absolute Gasteiger partial charge is 0.481 e. The van der Waals surface area contributed by atoms with Crippen LogP contribution >= 0.6 is 7.37 Å². The molecule has 1 aromatic heterocycles. The number of carboxylic acid groups (broad SMARTS) is 1. The summed E-state index contributed by atoms with van der Waals surface area (Å²) in [4.78, 5) is 17.7. The van der Waals surface area contributed by atoms with Crippen molar-refractivity contribution < 1.29 is 27.8 Å². The van der Waals surface area contributed by atoms with E-state index in [9.17, 15) is 18.9 Å². The number of benzene rings is 4. The van der Waals surface area contributed by atoms with Crippen LogP contribution in [0.2, 0.25) is 5.04 Å². The summed E-state index contributed by atoms with van der Waals surface area (Å²) >= 11 is 0. The minimum absolute atomic E-state index is 0.0814. The first-order valence-electron chi connectivity index (χ1n) is 18.3. The second-order valence-corrected chi connectivity index (χ2v) is 21.3. The lowest BCUT2D eigenvalue weighted by atomic mass is 9.87. The lowest BCUT2D eigenvalue weighted by molar-refractivity contribution is -0.138. The SMILES string of the molecule is CCc1c(-c2ccccc2)nc(C(C)C)c(C#CP(=O)(C[C@H](CC(=O)O)O[Si](c2ccccc2)(c2ccccc2)C(C)(C)C)OC)c1-c1ccc(F)cc1. The molecule has 2 atom stereocenters. The quantitative estimate of drug-likeness (QED) is 0.0731. The van der Waals surface area contributed by atoms with Gasteiger partial charge in [-0.1, -0.05) is 151 Å². The second kappa shape index (κ2) is 17.2. The lowest BCUT2D eigenvalue weighted by Gasteiger charge is -2.45. The topological polar surface area (TPSA) is 85.7 Å². The highest BCUT2D eigenvalue weighted by atomic mass is 31.2. The minimum Gasteiger partial charge on any atom is -0.481 e. The van der Waals surface area contributed by atoms with Crippen LogP contribution in [0.1, 0.15) is 70.7 Å². The Kier molecular flexibility index (Phi) is 12.9. The zero-order valence-corrected chi connectivity index (χ0v) is 34.0. The molecule has 6 nitrogen and oxygen atoms in total. The molecular weight excluding hydrogens is 713 g/mol. The van der Waals surface area contributed by atoms with E-state index < -0.39 is 39.2 Å². The summed E-state index contributed by atoms with van der Waals surface area (Å²) in [5, 5.41) is 11.7. The molecule has 1 N–H and O–H groups in total. The summed E-state index contributed by atoms with van der Waals surface area (Å²) in [5.74, 6) is 1.73. The number of hydrogen-bond acceptors (Lipinski definition) is 5. The molecule has 0 aliphatic rings. The number of hydrogen-bond donors (Lipinski definition) is 1. The Morgan fingerprint density at radius 1 is 0.870 bits per heavy atom. The first kappa shape index (κ1) is 40.5. The number of halogens is 1. The molecule has 4 aromatic carbocycles. The van der Waals surface area contributed by atoms with Gasteiger partial charge in [0.15, 0.2) is 0 Å². The molecule has 0 aliphatic heterocycles. The van der Waals surface area contributed by atoms with Crippen molar-refractivity contribution in [3.05, 3.63) is 138 Å². The Morgan fingerprint density at radius 3 is 1.87 bits per heavy atom. The zero-order chi connectivity index (χ0) is 39.1. The third kappa shape index (κ3) is 8.83. The van der Waals surface area contributed by atoms with Gasteiger partial charge in [0.05, 0.1) is 35.6 Å². The zero-order valence-electron chi connectivity index (χ0n) is 32.1. The van der Waals surface area contributed by atoms with Gasteiger partial charge in [0.1, 0.15) is 5.82 Å². The molecule has 1 unspecified atom stereocenters. The summed E-state index contributed by atoms with van der Waals surface area (Å²) in [7, 11) is -5.78. The predicted octanol–water partition coefficient (Wildman–Crippen LogP) is 9.89. The molecule has 0 amide bonds. The van der Waals surface area contributed by atoms with E-state index in [0.29, 0.717) is 17.7 Å². The Balaban J connectivity index is 1.70. The molecular formula is C45H49FNO5PSi.